The van der Waals surface area contributed by atoms with E-state index < -0.39 is 0 Å². The molecule has 1 fully saturated rings. The fourth-order valence-electron chi connectivity index (χ4n) is 4.52. The first-order valence-corrected chi connectivity index (χ1v) is 12.5. The number of hydrogen-bond acceptors (Lipinski definition) is 7. The van der Waals surface area contributed by atoms with Gasteiger partial charge in [0.15, 0.2) is 11.6 Å². The molecule has 0 unspecified atom stereocenters. The lowest BCUT2D eigenvalue weighted by atomic mass is 10.0. The maximum Gasteiger partial charge on any atom is 0.291 e. The molecule has 3 aromatic heterocycles. The number of pyridine rings is 1. The second-order valence-electron chi connectivity index (χ2n) is 9.01. The summed E-state index contributed by atoms with van der Waals surface area (Å²) in [6, 6.07) is 10.7. The van der Waals surface area contributed by atoms with Gasteiger partial charge in [-0.05, 0) is 36.4 Å². The molecule has 1 aromatic carbocycles. The third kappa shape index (κ3) is 5.20. The number of ether oxygens (including phenoxy) is 1. The predicted molar refractivity (Wildman–Crippen MR) is 141 cm³/mol. The van der Waals surface area contributed by atoms with E-state index in [0.29, 0.717) is 22.9 Å². The molecule has 0 spiro atoms. The topological polar surface area (TPSA) is 97.8 Å². The smallest absolute Gasteiger partial charge is 0.291 e. The van der Waals surface area contributed by atoms with Gasteiger partial charge in [0.25, 0.3) is 5.91 Å². The Morgan fingerprint density at radius 2 is 1.97 bits per heavy atom. The van der Waals surface area contributed by atoms with Crippen molar-refractivity contribution in [3.8, 4) is 11.1 Å². The minimum Gasteiger partial charge on any atom is -0.459 e. The van der Waals surface area contributed by atoms with Gasteiger partial charge in [0.1, 0.15) is 0 Å². The molecule has 0 bridgehead atoms. The summed E-state index contributed by atoms with van der Waals surface area (Å²) >= 11 is 6.52. The number of anilines is 1. The lowest BCUT2D eigenvalue weighted by Gasteiger charge is -2.26. The van der Waals surface area contributed by atoms with Crippen LogP contribution in [0.15, 0.2) is 70.7 Å². The Kier molecular flexibility index (Phi) is 6.57. The molecule has 2 aliphatic heterocycles. The van der Waals surface area contributed by atoms with E-state index in [2.05, 4.69) is 32.6 Å². The summed E-state index contributed by atoms with van der Waals surface area (Å²) in [5.41, 5.74) is 5.21. The predicted octanol–water partition coefficient (Wildman–Crippen LogP) is 4.45. The van der Waals surface area contributed by atoms with E-state index in [4.69, 9.17) is 25.7 Å². The molecule has 5 heterocycles. The summed E-state index contributed by atoms with van der Waals surface area (Å²) in [6.45, 7) is 5.31. The van der Waals surface area contributed by atoms with Crippen LogP contribution in [0.2, 0.25) is 5.02 Å². The van der Waals surface area contributed by atoms with E-state index in [-0.39, 0.29) is 11.7 Å². The van der Waals surface area contributed by atoms with E-state index in [1.54, 1.807) is 24.3 Å². The van der Waals surface area contributed by atoms with Crippen molar-refractivity contribution >= 4 is 34.7 Å². The summed E-state index contributed by atoms with van der Waals surface area (Å²) < 4.78 is 12.6. The van der Waals surface area contributed by atoms with Crippen molar-refractivity contribution in [2.24, 2.45) is 4.99 Å². The maximum absolute atomic E-state index is 12.4. The standard InChI is InChI=1S/C27H25ClN6O3/c28-23-4-3-21(31-27(35)25-2-1-9-37-25)14-22(23)24-13-18-12-19(15-29-26(18)32-24)20-16-30-34(17-20)6-5-33-7-10-36-11-8-33/h1-4,9,12,14-17H,5-8,10-11,13H2,(H,31,35). The first kappa shape index (κ1) is 23.6. The highest BCUT2D eigenvalue weighted by Gasteiger charge is 2.21. The fraction of sp³-hybridized carbons (Fsp3) is 0.259. The number of carbonyl (C=O) groups excluding carboxylic acids is 1. The largest absolute Gasteiger partial charge is 0.459 e. The zero-order valence-corrected chi connectivity index (χ0v) is 20.8. The van der Waals surface area contributed by atoms with Crippen molar-refractivity contribution in [2.45, 2.75) is 13.0 Å². The van der Waals surface area contributed by atoms with Gasteiger partial charge in [-0.15, -0.1) is 0 Å². The van der Waals surface area contributed by atoms with Crippen LogP contribution in [-0.4, -0.2) is 64.1 Å². The fourth-order valence-corrected chi connectivity index (χ4v) is 4.75. The molecule has 0 atom stereocenters. The number of morpholine rings is 1. The van der Waals surface area contributed by atoms with Crippen LogP contribution >= 0.6 is 11.6 Å². The van der Waals surface area contributed by atoms with Crippen molar-refractivity contribution in [1.29, 1.82) is 0 Å². The number of benzene rings is 1. The van der Waals surface area contributed by atoms with Crippen LogP contribution in [0, 0.1) is 0 Å². The number of hydrogen-bond donors (Lipinski definition) is 1. The Bertz CT molecular complexity index is 1460. The highest BCUT2D eigenvalue weighted by Crippen LogP contribution is 2.33. The van der Waals surface area contributed by atoms with Crippen molar-refractivity contribution in [3.63, 3.8) is 0 Å². The molecule has 188 valence electrons. The van der Waals surface area contributed by atoms with E-state index in [0.717, 1.165) is 67.4 Å². The van der Waals surface area contributed by atoms with Crippen molar-refractivity contribution in [1.82, 2.24) is 19.7 Å². The van der Waals surface area contributed by atoms with Gasteiger partial charge in [-0.1, -0.05) is 11.6 Å². The summed E-state index contributed by atoms with van der Waals surface area (Å²) in [4.78, 5) is 24.1. The van der Waals surface area contributed by atoms with Gasteiger partial charge >= 0.3 is 0 Å². The molecule has 4 aromatic rings. The molecule has 0 aliphatic carbocycles. The molecular formula is C27H25ClN6O3. The minimum atomic E-state index is -0.327. The van der Waals surface area contributed by atoms with Crippen LogP contribution in [0.4, 0.5) is 11.5 Å². The normalized spacial score (nSPS) is 15.4. The van der Waals surface area contributed by atoms with Crippen LogP contribution in [0.1, 0.15) is 21.7 Å². The highest BCUT2D eigenvalue weighted by molar-refractivity contribution is 6.34. The first-order valence-electron chi connectivity index (χ1n) is 12.2. The third-order valence-corrected chi connectivity index (χ3v) is 6.87. The first-order chi connectivity index (χ1) is 18.1. The van der Waals surface area contributed by atoms with Crippen molar-refractivity contribution in [3.05, 3.63) is 83.2 Å². The molecule has 0 saturated carbocycles. The second kappa shape index (κ2) is 10.3. The number of amides is 1. The van der Waals surface area contributed by atoms with Crippen molar-refractivity contribution in [2.75, 3.05) is 38.2 Å². The third-order valence-electron chi connectivity index (χ3n) is 6.54. The van der Waals surface area contributed by atoms with Gasteiger partial charge < -0.3 is 14.5 Å². The number of rotatable bonds is 7. The minimum absolute atomic E-state index is 0.239. The number of fused-ring (bicyclic) bond motifs is 1. The van der Waals surface area contributed by atoms with Gasteiger partial charge in [0.2, 0.25) is 0 Å². The molecule has 37 heavy (non-hydrogen) atoms. The van der Waals surface area contributed by atoms with Crippen molar-refractivity contribution < 1.29 is 13.9 Å². The van der Waals surface area contributed by atoms with Gasteiger partial charge in [-0.25, -0.2) is 9.98 Å². The lowest BCUT2D eigenvalue weighted by Crippen LogP contribution is -2.38. The molecule has 1 amide bonds. The molecule has 10 heteroatoms. The molecule has 9 nitrogen and oxygen atoms in total. The van der Waals surface area contributed by atoms with E-state index in [1.807, 2.05) is 23.1 Å². The summed E-state index contributed by atoms with van der Waals surface area (Å²) in [7, 11) is 0. The summed E-state index contributed by atoms with van der Waals surface area (Å²) in [6.07, 6.45) is 7.82. The van der Waals surface area contributed by atoms with Crippen LogP contribution in [0.3, 0.4) is 0 Å². The number of aliphatic imine (C=N–C) groups is 1. The maximum atomic E-state index is 12.4. The van der Waals surface area contributed by atoms with Crippen LogP contribution in [0.25, 0.3) is 11.1 Å². The van der Waals surface area contributed by atoms with E-state index in [1.165, 1.54) is 6.26 Å². The zero-order valence-electron chi connectivity index (χ0n) is 20.1. The average Bonchev–Trinajstić information content (AvgIpc) is 3.70. The lowest BCUT2D eigenvalue weighted by molar-refractivity contribution is 0.0360. The van der Waals surface area contributed by atoms with Gasteiger partial charge in [-0.3, -0.25) is 14.4 Å². The Balaban J connectivity index is 1.14. The SMILES string of the molecule is O=C(Nc1ccc(Cl)c(C2=Nc3ncc(-c4cnn(CCN5CCOCC5)c4)cc3C2)c1)c1ccco1. The van der Waals surface area contributed by atoms with Gasteiger partial charge in [0, 0.05) is 71.4 Å². The zero-order chi connectivity index (χ0) is 25.2. The average molecular weight is 517 g/mol. The molecule has 0 radical (unpaired) electrons. The number of halogens is 1. The summed E-state index contributed by atoms with van der Waals surface area (Å²) in [5, 5.41) is 7.94. The van der Waals surface area contributed by atoms with Gasteiger partial charge in [-0.2, -0.15) is 5.10 Å². The molecule has 2 aliphatic rings. The number of aromatic nitrogens is 3. The monoisotopic (exact) mass is 516 g/mol. The number of nitrogens with one attached hydrogen (secondary N) is 1. The number of furan rings is 1. The van der Waals surface area contributed by atoms with Crippen LogP contribution in [0.5, 0.6) is 0 Å². The Morgan fingerprint density at radius 3 is 2.81 bits per heavy atom. The second-order valence-corrected chi connectivity index (χ2v) is 9.42. The quantitative estimate of drug-likeness (QED) is 0.389. The molecule has 1 saturated heterocycles. The van der Waals surface area contributed by atoms with Crippen LogP contribution in [-0.2, 0) is 17.7 Å². The molecule has 1 N–H and O–H groups in total. The number of nitrogens with zero attached hydrogens (tertiary/aromatic N) is 5. The Morgan fingerprint density at radius 1 is 1.08 bits per heavy atom. The molecular weight excluding hydrogens is 492 g/mol. The van der Waals surface area contributed by atoms with Crippen LogP contribution < -0.4 is 5.32 Å². The van der Waals surface area contributed by atoms with E-state index >= 15 is 0 Å². The van der Waals surface area contributed by atoms with E-state index in [9.17, 15) is 4.79 Å². The van der Waals surface area contributed by atoms with Gasteiger partial charge in [0.05, 0.1) is 37.9 Å². The molecule has 6 rings (SSSR count). The Hall–Kier alpha value is -3.79. The Labute approximate surface area is 218 Å². The highest BCUT2D eigenvalue weighted by atomic mass is 35.5. The number of carbonyl (C=O) groups is 1. The summed E-state index contributed by atoms with van der Waals surface area (Å²) in [5.74, 6) is 0.592.